The lowest BCUT2D eigenvalue weighted by Gasteiger charge is -2.35. The van der Waals surface area contributed by atoms with Gasteiger partial charge in [0.15, 0.2) is 12.4 Å². The number of β-amino-alcohol motifs (C(OH)–C–C–N with tert-alkyl or cyclic N) is 1. The van der Waals surface area contributed by atoms with Gasteiger partial charge in [-0.3, -0.25) is 28.7 Å². The summed E-state index contributed by atoms with van der Waals surface area (Å²) in [5.74, 6) is 0.148. The molecule has 71 heavy (non-hydrogen) atoms. The van der Waals surface area contributed by atoms with E-state index in [0.29, 0.717) is 16.7 Å². The number of thiazole rings is 1. The van der Waals surface area contributed by atoms with Crippen LogP contribution in [0.15, 0.2) is 77.4 Å². The van der Waals surface area contributed by atoms with Crippen LogP contribution in [-0.4, -0.2) is 109 Å². The molecule has 1 unspecified atom stereocenters. The third-order valence-electron chi connectivity index (χ3n) is 12.5. The predicted molar refractivity (Wildman–Crippen MR) is 272 cm³/mol. The number of hydrogen-bond donors (Lipinski definition) is 4. The van der Waals surface area contributed by atoms with Gasteiger partial charge in [0.05, 0.1) is 53.1 Å². The molecule has 5 atom stereocenters. The number of aromatic nitrogens is 5. The van der Waals surface area contributed by atoms with Gasteiger partial charge in [0, 0.05) is 40.1 Å². The maximum atomic E-state index is 14.2. The average Bonchev–Trinajstić information content (AvgIpc) is 4.11. The molecule has 6 aromatic rings. The number of fused-ring (bicyclic) bond motifs is 3. The van der Waals surface area contributed by atoms with E-state index < -0.39 is 54.0 Å². The summed E-state index contributed by atoms with van der Waals surface area (Å²) in [7, 11) is 0. The van der Waals surface area contributed by atoms with Crippen molar-refractivity contribution in [1.82, 2.24) is 45.6 Å². The smallest absolute Gasteiger partial charge is 0.258 e. The van der Waals surface area contributed by atoms with E-state index in [-0.39, 0.29) is 56.1 Å². The van der Waals surface area contributed by atoms with Gasteiger partial charge < -0.3 is 35.4 Å². The standard InChI is InChI=1S/C51H57ClN10O7S2/c1-27-30(4)71-50-43(27)44(33-13-15-35(52)16-14-33)57-38(47-60-59-31(5)62(47)50)22-40(64)53-19-20-68-42-18-17-37(23-54-42)69-25-41(65)58-46(51(6,7)8)49(67)61-24-36(63)21-39(61)48(66)56-28(2)32-9-11-34(12-10-32)45-29(3)55-26-70-45/h9-18,23,26,28,36,38-39,46,63H,19-22,24-25H2,1-8H3,(H,53,64)(H,56,66)(H,58,65)/t28-,36+,38-,39-,46?/m0/s1. The molecule has 0 saturated carbocycles. The highest BCUT2D eigenvalue weighted by Gasteiger charge is 2.45. The number of carbonyl (C=O) groups is 4. The summed E-state index contributed by atoms with van der Waals surface area (Å²) in [4.78, 5) is 72.0. The highest BCUT2D eigenvalue weighted by molar-refractivity contribution is 7.15. The first-order valence-electron chi connectivity index (χ1n) is 23.3. The van der Waals surface area contributed by atoms with Crippen LogP contribution >= 0.6 is 34.3 Å². The molecule has 6 heterocycles. The number of aliphatic imine (C=N–C) groups is 1. The van der Waals surface area contributed by atoms with E-state index in [2.05, 4.69) is 50.0 Å². The number of nitrogens with zero attached hydrogens (tertiary/aromatic N) is 7. The van der Waals surface area contributed by atoms with Crippen LogP contribution in [-0.2, 0) is 19.2 Å². The van der Waals surface area contributed by atoms with Crippen molar-refractivity contribution in [3.8, 4) is 27.1 Å². The number of amides is 4. The molecule has 0 aliphatic carbocycles. The van der Waals surface area contributed by atoms with E-state index in [0.717, 1.165) is 54.0 Å². The number of ether oxygens (including phenoxy) is 2. The molecule has 4 amide bonds. The van der Waals surface area contributed by atoms with E-state index in [4.69, 9.17) is 26.1 Å². The molecule has 0 radical (unpaired) electrons. The summed E-state index contributed by atoms with van der Waals surface area (Å²) in [6, 6.07) is 15.6. The van der Waals surface area contributed by atoms with Crippen molar-refractivity contribution in [2.24, 2.45) is 10.4 Å². The van der Waals surface area contributed by atoms with E-state index in [1.165, 1.54) is 11.1 Å². The summed E-state index contributed by atoms with van der Waals surface area (Å²) >= 11 is 9.45. The van der Waals surface area contributed by atoms with Gasteiger partial charge in [-0.2, -0.15) is 0 Å². The number of thiophene rings is 1. The number of hydrogen-bond acceptors (Lipinski definition) is 14. The first-order chi connectivity index (χ1) is 33.9. The first-order valence-corrected chi connectivity index (χ1v) is 25.4. The Kier molecular flexibility index (Phi) is 15.4. The van der Waals surface area contributed by atoms with Crippen LogP contribution in [0.25, 0.3) is 15.4 Å². The highest BCUT2D eigenvalue weighted by Crippen LogP contribution is 2.40. The molecular weight excluding hydrogens is 964 g/mol. The third kappa shape index (κ3) is 11.5. The molecule has 0 spiro atoms. The molecule has 2 aliphatic heterocycles. The van der Waals surface area contributed by atoms with Crippen LogP contribution in [0, 0.1) is 33.1 Å². The molecule has 8 rings (SSSR count). The molecule has 2 aliphatic rings. The minimum absolute atomic E-state index is 0.0225. The summed E-state index contributed by atoms with van der Waals surface area (Å²) in [5.41, 5.74) is 7.64. The van der Waals surface area contributed by atoms with E-state index in [9.17, 15) is 24.3 Å². The number of aryl methyl sites for hydroxylation is 3. The summed E-state index contributed by atoms with van der Waals surface area (Å²) in [6.07, 6.45) is 0.580. The highest BCUT2D eigenvalue weighted by atomic mass is 35.5. The van der Waals surface area contributed by atoms with Crippen molar-refractivity contribution < 1.29 is 33.8 Å². The van der Waals surface area contributed by atoms with Crippen molar-refractivity contribution >= 4 is 63.6 Å². The fraction of sp³-hybridized carbons (Fsp3) is 0.392. The van der Waals surface area contributed by atoms with Gasteiger partial charge >= 0.3 is 0 Å². The molecule has 20 heteroatoms. The zero-order valence-corrected chi connectivity index (χ0v) is 43.2. The zero-order chi connectivity index (χ0) is 50.7. The van der Waals surface area contributed by atoms with E-state index in [1.807, 2.05) is 100 Å². The van der Waals surface area contributed by atoms with Crippen LogP contribution in [0.3, 0.4) is 0 Å². The average molecular weight is 1020 g/mol. The fourth-order valence-corrected chi connectivity index (χ4v) is 10.8. The molecule has 372 valence electrons. The van der Waals surface area contributed by atoms with Crippen molar-refractivity contribution in [2.45, 2.75) is 98.5 Å². The van der Waals surface area contributed by atoms with E-state index in [1.54, 1.807) is 34.8 Å². The number of rotatable bonds is 16. The van der Waals surface area contributed by atoms with Crippen LogP contribution in [0.2, 0.25) is 5.02 Å². The quantitative estimate of drug-likeness (QED) is 0.0727. The number of pyridine rings is 1. The number of halogens is 1. The number of aliphatic hydroxyl groups excluding tert-OH is 1. The Bertz CT molecular complexity index is 2950. The summed E-state index contributed by atoms with van der Waals surface area (Å²) in [5, 5.41) is 29.8. The van der Waals surface area contributed by atoms with Crippen molar-refractivity contribution in [3.63, 3.8) is 0 Å². The Labute approximate surface area is 425 Å². The molecule has 4 N–H and O–H groups in total. The summed E-state index contributed by atoms with van der Waals surface area (Å²) < 4.78 is 13.5. The van der Waals surface area contributed by atoms with Gasteiger partial charge in [-0.1, -0.05) is 68.8 Å². The van der Waals surface area contributed by atoms with Crippen molar-refractivity contribution in [3.05, 3.63) is 122 Å². The Morgan fingerprint density at radius 2 is 1.65 bits per heavy atom. The Morgan fingerprint density at radius 1 is 0.915 bits per heavy atom. The van der Waals surface area contributed by atoms with Crippen molar-refractivity contribution in [1.29, 1.82) is 0 Å². The van der Waals surface area contributed by atoms with Gasteiger partial charge in [-0.05, 0) is 74.9 Å². The lowest BCUT2D eigenvalue weighted by Crippen LogP contribution is -2.58. The van der Waals surface area contributed by atoms with E-state index >= 15 is 0 Å². The molecule has 1 saturated heterocycles. The Morgan fingerprint density at radius 3 is 2.32 bits per heavy atom. The SMILES string of the molecule is Cc1ncsc1-c1ccc([C@H](C)NC(=O)[C@@H]2C[C@@H](O)CN2C(=O)C(NC(=O)COc2ccc(OCCNC(=O)C[C@@H]3N=C(c4ccc(Cl)cc4)c4c(sc(C)c4C)-n4c(C)nnc43)nc2)C(C)(C)C)cc1. The minimum Gasteiger partial charge on any atom is -0.482 e. The van der Waals surface area contributed by atoms with Gasteiger partial charge in [-0.25, -0.2) is 9.97 Å². The predicted octanol–water partition coefficient (Wildman–Crippen LogP) is 6.96. The van der Waals surface area contributed by atoms with Crippen molar-refractivity contribution in [2.75, 3.05) is 26.3 Å². The van der Waals surface area contributed by atoms with Gasteiger partial charge in [0.2, 0.25) is 23.6 Å². The monoisotopic (exact) mass is 1020 g/mol. The number of likely N-dealkylation sites (tertiary alicyclic amines) is 1. The third-order valence-corrected chi connectivity index (χ3v) is 15.0. The molecule has 0 bridgehead atoms. The molecular formula is C51H57ClN10O7S2. The number of benzene rings is 2. The number of nitrogens with one attached hydrogen (secondary N) is 3. The second kappa shape index (κ2) is 21.4. The van der Waals surface area contributed by atoms with Crippen LogP contribution in [0.1, 0.15) is 97.1 Å². The molecule has 4 aromatic heterocycles. The first kappa shape index (κ1) is 50.8. The number of aliphatic hydroxyl groups is 1. The largest absolute Gasteiger partial charge is 0.482 e. The van der Waals surface area contributed by atoms with Gasteiger partial charge in [0.25, 0.3) is 5.91 Å². The minimum atomic E-state index is -1.03. The van der Waals surface area contributed by atoms with Crippen LogP contribution in [0.5, 0.6) is 11.6 Å². The van der Waals surface area contributed by atoms with Crippen LogP contribution in [0.4, 0.5) is 0 Å². The molecule has 1 fully saturated rings. The molecule has 17 nitrogen and oxygen atoms in total. The second-order valence-electron chi connectivity index (χ2n) is 18.8. The Balaban J connectivity index is 0.815. The second-order valence-corrected chi connectivity index (χ2v) is 21.3. The topological polar surface area (TPSA) is 215 Å². The maximum absolute atomic E-state index is 14.2. The zero-order valence-electron chi connectivity index (χ0n) is 40.8. The molecule has 2 aromatic carbocycles. The Hall–Kier alpha value is -6.54. The van der Waals surface area contributed by atoms with Gasteiger partial charge in [0.1, 0.15) is 41.3 Å². The lowest BCUT2D eigenvalue weighted by molar-refractivity contribution is -0.144. The normalized spacial score (nSPS) is 17.3. The lowest BCUT2D eigenvalue weighted by atomic mass is 9.85. The summed E-state index contributed by atoms with van der Waals surface area (Å²) in [6.45, 7) is 15.1. The van der Waals surface area contributed by atoms with Gasteiger partial charge in [-0.15, -0.1) is 32.9 Å². The number of carbonyl (C=O) groups excluding carboxylic acids is 4. The van der Waals surface area contributed by atoms with Crippen LogP contribution < -0.4 is 25.4 Å². The maximum Gasteiger partial charge on any atom is 0.258 e. The fourth-order valence-electron chi connectivity index (χ4n) is 8.63.